The van der Waals surface area contributed by atoms with Gasteiger partial charge in [-0.3, -0.25) is 9.88 Å². The Morgan fingerprint density at radius 1 is 1.15 bits per heavy atom. The second-order valence-electron chi connectivity index (χ2n) is 6.69. The van der Waals surface area contributed by atoms with Gasteiger partial charge in [0.1, 0.15) is 12.1 Å². The van der Waals surface area contributed by atoms with E-state index in [-0.39, 0.29) is 0 Å². The molecule has 0 radical (unpaired) electrons. The number of aromatic nitrogens is 4. The number of aryl methyl sites for hydroxylation is 1. The summed E-state index contributed by atoms with van der Waals surface area (Å²) in [7, 11) is 0. The third-order valence-corrected chi connectivity index (χ3v) is 5.52. The van der Waals surface area contributed by atoms with Crippen molar-refractivity contribution in [3.8, 4) is 0 Å². The number of anilines is 2. The summed E-state index contributed by atoms with van der Waals surface area (Å²) < 4.78 is 0. The normalized spacial score (nSPS) is 13.8. The Balaban J connectivity index is 1.38. The molecule has 4 aromatic rings. The minimum atomic E-state index is 0.816. The smallest absolute Gasteiger partial charge is 0.138 e. The number of pyridine rings is 1. The third-order valence-electron chi connectivity index (χ3n) is 4.70. The average molecular weight is 374 g/mol. The van der Waals surface area contributed by atoms with Gasteiger partial charge in [-0.2, -0.15) is 0 Å². The molecule has 7 heteroatoms. The van der Waals surface area contributed by atoms with E-state index in [1.54, 1.807) is 17.7 Å². The Bertz CT molecular complexity index is 1120. The number of para-hydroxylation sites is 1. The van der Waals surface area contributed by atoms with Gasteiger partial charge in [0.2, 0.25) is 0 Å². The zero-order valence-electron chi connectivity index (χ0n) is 14.9. The lowest BCUT2D eigenvalue weighted by molar-refractivity contribution is 0.271. The summed E-state index contributed by atoms with van der Waals surface area (Å²) in [5, 5.41) is 7.77. The fourth-order valence-electron chi connectivity index (χ4n) is 3.45. The predicted octanol–water partition coefficient (Wildman–Crippen LogP) is 4.05. The molecule has 5 rings (SSSR count). The third kappa shape index (κ3) is 3.27. The van der Waals surface area contributed by atoms with Crippen molar-refractivity contribution in [1.82, 2.24) is 24.8 Å². The first kappa shape index (κ1) is 16.3. The van der Waals surface area contributed by atoms with E-state index in [1.165, 1.54) is 0 Å². The maximum atomic E-state index is 4.57. The number of thiazole rings is 1. The van der Waals surface area contributed by atoms with Crippen LogP contribution in [0.25, 0.3) is 10.9 Å². The Kier molecular flexibility index (Phi) is 4.03. The molecule has 0 spiro atoms. The second-order valence-corrected chi connectivity index (χ2v) is 7.75. The fourth-order valence-corrected chi connectivity index (χ4v) is 4.05. The molecular weight excluding hydrogens is 356 g/mol. The van der Waals surface area contributed by atoms with Gasteiger partial charge in [0.15, 0.2) is 0 Å². The van der Waals surface area contributed by atoms with Crippen LogP contribution in [0.15, 0.2) is 48.2 Å². The van der Waals surface area contributed by atoms with E-state index >= 15 is 0 Å². The van der Waals surface area contributed by atoms with Gasteiger partial charge in [-0.05, 0) is 19.1 Å². The van der Waals surface area contributed by atoms with E-state index < -0.39 is 0 Å². The zero-order chi connectivity index (χ0) is 18.2. The number of fused-ring (bicyclic) bond motifs is 2. The summed E-state index contributed by atoms with van der Waals surface area (Å²) in [5.74, 6) is 0.856. The van der Waals surface area contributed by atoms with Crippen LogP contribution in [-0.4, -0.2) is 24.8 Å². The maximum absolute atomic E-state index is 4.57. The standard InChI is InChI=1S/C20H18N6S/c1-13-24-16(11-27-13)8-26-9-17-19(10-26)22-12-23-20(17)25-15-6-14-4-2-3-5-18(14)21-7-15/h2-7,11-12H,8-10H2,1H3,(H,22,23,25). The molecule has 0 unspecified atom stereocenters. The highest BCUT2D eigenvalue weighted by Gasteiger charge is 2.24. The summed E-state index contributed by atoms with van der Waals surface area (Å²) >= 11 is 1.69. The van der Waals surface area contributed by atoms with E-state index in [2.05, 4.69) is 47.7 Å². The largest absolute Gasteiger partial charge is 0.339 e. The molecule has 1 aliphatic heterocycles. The van der Waals surface area contributed by atoms with E-state index in [9.17, 15) is 0 Å². The first-order chi connectivity index (χ1) is 13.2. The number of hydrogen-bond acceptors (Lipinski definition) is 7. The minimum absolute atomic E-state index is 0.816. The molecule has 4 heterocycles. The molecule has 1 aromatic carbocycles. The highest BCUT2D eigenvalue weighted by atomic mass is 32.1. The summed E-state index contributed by atoms with van der Waals surface area (Å²) in [5.41, 5.74) is 5.26. The van der Waals surface area contributed by atoms with Crippen LogP contribution < -0.4 is 5.32 Å². The van der Waals surface area contributed by atoms with E-state index in [0.717, 1.165) is 64.0 Å². The highest BCUT2D eigenvalue weighted by Crippen LogP contribution is 2.29. The molecule has 0 amide bonds. The van der Waals surface area contributed by atoms with Crippen molar-refractivity contribution < 1.29 is 0 Å². The van der Waals surface area contributed by atoms with Gasteiger partial charge in [0.25, 0.3) is 0 Å². The van der Waals surface area contributed by atoms with Crippen LogP contribution >= 0.6 is 11.3 Å². The molecule has 6 nitrogen and oxygen atoms in total. The SMILES string of the molecule is Cc1nc(CN2Cc3ncnc(Nc4cnc5ccccc5c4)c3C2)cs1. The van der Waals surface area contributed by atoms with Crippen LogP contribution in [0.2, 0.25) is 0 Å². The van der Waals surface area contributed by atoms with Gasteiger partial charge in [0, 0.05) is 36.0 Å². The minimum Gasteiger partial charge on any atom is -0.339 e. The molecule has 0 fully saturated rings. The van der Waals surface area contributed by atoms with Crippen molar-refractivity contribution in [2.75, 3.05) is 5.32 Å². The monoisotopic (exact) mass is 374 g/mol. The molecule has 134 valence electrons. The Hall–Kier alpha value is -2.90. The van der Waals surface area contributed by atoms with Crippen molar-refractivity contribution in [3.63, 3.8) is 0 Å². The van der Waals surface area contributed by atoms with Crippen molar-refractivity contribution in [1.29, 1.82) is 0 Å². The van der Waals surface area contributed by atoms with Gasteiger partial charge in [-0.1, -0.05) is 18.2 Å². The van der Waals surface area contributed by atoms with Crippen molar-refractivity contribution in [2.24, 2.45) is 0 Å². The van der Waals surface area contributed by atoms with Crippen molar-refractivity contribution in [3.05, 3.63) is 70.2 Å². The number of nitrogens with one attached hydrogen (secondary N) is 1. The van der Waals surface area contributed by atoms with Gasteiger partial charge >= 0.3 is 0 Å². The Morgan fingerprint density at radius 3 is 2.96 bits per heavy atom. The average Bonchev–Trinajstić information content (AvgIpc) is 3.28. The quantitative estimate of drug-likeness (QED) is 0.581. The molecule has 1 N–H and O–H groups in total. The van der Waals surface area contributed by atoms with E-state index in [1.807, 2.05) is 31.3 Å². The maximum Gasteiger partial charge on any atom is 0.138 e. The molecule has 0 bridgehead atoms. The summed E-state index contributed by atoms with van der Waals surface area (Å²) in [4.78, 5) is 20.4. The van der Waals surface area contributed by atoms with Gasteiger partial charge in [-0.15, -0.1) is 11.3 Å². The van der Waals surface area contributed by atoms with Gasteiger partial charge < -0.3 is 5.32 Å². The summed E-state index contributed by atoms with van der Waals surface area (Å²) in [6.45, 7) is 4.50. The predicted molar refractivity (Wildman–Crippen MR) is 107 cm³/mol. The van der Waals surface area contributed by atoms with Crippen molar-refractivity contribution in [2.45, 2.75) is 26.6 Å². The summed E-state index contributed by atoms with van der Waals surface area (Å²) in [6, 6.07) is 10.2. The molecule has 0 atom stereocenters. The number of nitrogens with zero attached hydrogens (tertiary/aromatic N) is 5. The first-order valence-electron chi connectivity index (χ1n) is 8.82. The molecule has 1 aliphatic rings. The lowest BCUT2D eigenvalue weighted by Gasteiger charge is -2.13. The summed E-state index contributed by atoms with van der Waals surface area (Å²) in [6.07, 6.45) is 3.48. The Morgan fingerprint density at radius 2 is 2.07 bits per heavy atom. The van der Waals surface area contributed by atoms with E-state index in [4.69, 9.17) is 0 Å². The van der Waals surface area contributed by atoms with Crippen LogP contribution in [0.5, 0.6) is 0 Å². The highest BCUT2D eigenvalue weighted by molar-refractivity contribution is 7.09. The topological polar surface area (TPSA) is 66.8 Å². The number of benzene rings is 1. The van der Waals surface area contributed by atoms with Crippen LogP contribution in [0.4, 0.5) is 11.5 Å². The number of hydrogen-bond donors (Lipinski definition) is 1. The molecular formula is C20H18N6S. The Labute approximate surface area is 161 Å². The zero-order valence-corrected chi connectivity index (χ0v) is 15.7. The lowest BCUT2D eigenvalue weighted by Crippen LogP contribution is -2.16. The first-order valence-corrected chi connectivity index (χ1v) is 9.70. The van der Waals surface area contributed by atoms with Crippen LogP contribution in [0.3, 0.4) is 0 Å². The molecule has 3 aromatic heterocycles. The van der Waals surface area contributed by atoms with Crippen molar-refractivity contribution >= 4 is 33.7 Å². The molecule has 0 aliphatic carbocycles. The second kappa shape index (κ2) is 6.68. The van der Waals surface area contributed by atoms with Crippen LogP contribution in [-0.2, 0) is 19.6 Å². The molecule has 0 saturated heterocycles. The van der Waals surface area contributed by atoms with Crippen LogP contribution in [0, 0.1) is 6.92 Å². The number of rotatable bonds is 4. The van der Waals surface area contributed by atoms with E-state index in [0.29, 0.717) is 0 Å². The van der Waals surface area contributed by atoms with Crippen LogP contribution in [0.1, 0.15) is 22.0 Å². The van der Waals surface area contributed by atoms with Gasteiger partial charge in [0.05, 0.1) is 33.8 Å². The molecule has 27 heavy (non-hydrogen) atoms. The van der Waals surface area contributed by atoms with Gasteiger partial charge in [-0.25, -0.2) is 15.0 Å². The fraction of sp³-hybridized carbons (Fsp3) is 0.200. The molecule has 0 saturated carbocycles. The lowest BCUT2D eigenvalue weighted by atomic mass is 10.2.